The van der Waals surface area contributed by atoms with Crippen molar-refractivity contribution < 1.29 is 14.2 Å². The summed E-state index contributed by atoms with van der Waals surface area (Å²) < 4.78 is 19.4. The van der Waals surface area contributed by atoms with Gasteiger partial charge in [-0.1, -0.05) is 31.8 Å². The summed E-state index contributed by atoms with van der Waals surface area (Å²) in [5, 5.41) is 8.62. The van der Waals surface area contributed by atoms with Gasteiger partial charge in [0.05, 0.1) is 19.3 Å². The van der Waals surface area contributed by atoms with Crippen LogP contribution < -0.4 is 0 Å². The van der Waals surface area contributed by atoms with Crippen LogP contribution in [-0.4, -0.2) is 17.8 Å². The van der Waals surface area contributed by atoms with Crippen LogP contribution in [0.3, 0.4) is 0 Å². The molecule has 0 heterocycles. The standard InChI is InChI=1S/C16H21FO2/c1-12(2)13(3)19-11-15-8-7-14(10-16(15)17)6-4-5-9-18/h7-8,10,12-13,18H,5,9,11H2,1-3H3. The van der Waals surface area contributed by atoms with Gasteiger partial charge in [0.2, 0.25) is 0 Å². The van der Waals surface area contributed by atoms with E-state index >= 15 is 0 Å². The van der Waals surface area contributed by atoms with E-state index in [1.807, 2.05) is 6.92 Å². The third kappa shape index (κ3) is 5.42. The third-order valence-electron chi connectivity index (χ3n) is 2.96. The molecule has 0 bridgehead atoms. The van der Waals surface area contributed by atoms with E-state index in [1.54, 1.807) is 12.1 Å². The summed E-state index contributed by atoms with van der Waals surface area (Å²) in [4.78, 5) is 0. The van der Waals surface area contributed by atoms with Gasteiger partial charge in [-0.25, -0.2) is 4.39 Å². The zero-order valence-corrected chi connectivity index (χ0v) is 11.7. The second kappa shape index (κ2) is 7.93. The number of aliphatic hydroxyl groups excluding tert-OH is 1. The molecule has 0 aliphatic heterocycles. The highest BCUT2D eigenvalue weighted by molar-refractivity contribution is 5.36. The maximum absolute atomic E-state index is 13.8. The maximum Gasteiger partial charge on any atom is 0.129 e. The van der Waals surface area contributed by atoms with Gasteiger partial charge >= 0.3 is 0 Å². The summed E-state index contributed by atoms with van der Waals surface area (Å²) >= 11 is 0. The van der Waals surface area contributed by atoms with E-state index in [9.17, 15) is 4.39 Å². The maximum atomic E-state index is 13.8. The van der Waals surface area contributed by atoms with Crippen molar-refractivity contribution in [1.82, 2.24) is 0 Å². The summed E-state index contributed by atoms with van der Waals surface area (Å²) in [6.07, 6.45) is 0.502. The lowest BCUT2D eigenvalue weighted by Crippen LogP contribution is -2.15. The van der Waals surface area contributed by atoms with Gasteiger partial charge in [0.1, 0.15) is 5.82 Å². The fraction of sp³-hybridized carbons (Fsp3) is 0.500. The van der Waals surface area contributed by atoms with Gasteiger partial charge in [-0.3, -0.25) is 0 Å². The van der Waals surface area contributed by atoms with E-state index in [0.29, 0.717) is 23.5 Å². The minimum absolute atomic E-state index is 0.0223. The summed E-state index contributed by atoms with van der Waals surface area (Å²) in [6, 6.07) is 4.88. The van der Waals surface area contributed by atoms with Crippen molar-refractivity contribution in [3.05, 3.63) is 35.1 Å². The Morgan fingerprint density at radius 1 is 1.32 bits per heavy atom. The highest BCUT2D eigenvalue weighted by atomic mass is 19.1. The zero-order chi connectivity index (χ0) is 14.3. The van der Waals surface area contributed by atoms with Crippen LogP contribution in [0.15, 0.2) is 18.2 Å². The van der Waals surface area contributed by atoms with Crippen LogP contribution in [0.4, 0.5) is 4.39 Å². The molecule has 19 heavy (non-hydrogen) atoms. The lowest BCUT2D eigenvalue weighted by molar-refractivity contribution is 0.0221. The Labute approximate surface area is 114 Å². The van der Waals surface area contributed by atoms with Gasteiger partial charge in [0, 0.05) is 17.5 Å². The monoisotopic (exact) mass is 264 g/mol. The number of hydrogen-bond donors (Lipinski definition) is 1. The Balaban J connectivity index is 2.65. The molecule has 2 nitrogen and oxygen atoms in total. The molecule has 1 unspecified atom stereocenters. The van der Waals surface area contributed by atoms with Crippen LogP contribution >= 0.6 is 0 Å². The van der Waals surface area contributed by atoms with E-state index < -0.39 is 0 Å². The molecule has 0 radical (unpaired) electrons. The first-order chi connectivity index (χ1) is 9.04. The lowest BCUT2D eigenvalue weighted by atomic mass is 10.1. The molecule has 1 aromatic rings. The van der Waals surface area contributed by atoms with E-state index in [4.69, 9.17) is 9.84 Å². The highest BCUT2D eigenvalue weighted by Crippen LogP contribution is 2.14. The summed E-state index contributed by atoms with van der Waals surface area (Å²) in [5.74, 6) is 5.68. The number of rotatable bonds is 5. The summed E-state index contributed by atoms with van der Waals surface area (Å²) in [5.41, 5.74) is 1.16. The first-order valence-electron chi connectivity index (χ1n) is 6.54. The number of ether oxygens (including phenoxy) is 1. The van der Waals surface area contributed by atoms with Gasteiger partial charge in [0.15, 0.2) is 0 Å². The largest absolute Gasteiger partial charge is 0.395 e. The molecule has 1 N–H and O–H groups in total. The number of aliphatic hydroxyl groups is 1. The predicted octanol–water partition coefficient (Wildman–Crippen LogP) is 3.12. The molecule has 0 aromatic heterocycles. The van der Waals surface area contributed by atoms with Gasteiger partial charge in [-0.2, -0.15) is 0 Å². The van der Waals surface area contributed by atoms with E-state index in [2.05, 4.69) is 25.7 Å². The molecule has 1 atom stereocenters. The van der Waals surface area contributed by atoms with Gasteiger partial charge in [-0.05, 0) is 25.0 Å². The fourth-order valence-electron chi connectivity index (χ4n) is 1.38. The molecule has 1 rings (SSSR count). The molecule has 0 fully saturated rings. The molecule has 0 aliphatic carbocycles. The molecule has 0 saturated heterocycles. The van der Waals surface area contributed by atoms with Crippen LogP contribution in [-0.2, 0) is 11.3 Å². The number of benzene rings is 1. The van der Waals surface area contributed by atoms with Crippen molar-refractivity contribution in [2.45, 2.75) is 39.9 Å². The molecule has 1 aromatic carbocycles. The van der Waals surface area contributed by atoms with E-state index in [0.717, 1.165) is 0 Å². The predicted molar refractivity (Wildman–Crippen MR) is 74.1 cm³/mol. The minimum atomic E-state index is -0.299. The van der Waals surface area contributed by atoms with Crippen LogP contribution in [0.2, 0.25) is 0 Å². The Kier molecular flexibility index (Phi) is 6.55. The smallest absolute Gasteiger partial charge is 0.129 e. The van der Waals surface area contributed by atoms with Crippen molar-refractivity contribution in [3.8, 4) is 11.8 Å². The molecule has 0 aliphatic rings. The molecular weight excluding hydrogens is 243 g/mol. The molecule has 3 heteroatoms. The number of hydrogen-bond acceptors (Lipinski definition) is 2. The first kappa shape index (κ1) is 15.7. The zero-order valence-electron chi connectivity index (χ0n) is 11.7. The average molecular weight is 264 g/mol. The van der Waals surface area contributed by atoms with Gasteiger partial charge in [-0.15, -0.1) is 0 Å². The summed E-state index contributed by atoms with van der Waals surface area (Å²) in [6.45, 7) is 6.42. The fourth-order valence-corrected chi connectivity index (χ4v) is 1.38. The van der Waals surface area contributed by atoms with Crippen LogP contribution in [0.25, 0.3) is 0 Å². The topological polar surface area (TPSA) is 29.5 Å². The van der Waals surface area contributed by atoms with E-state index in [-0.39, 0.29) is 25.1 Å². The molecule has 0 saturated carbocycles. The Bertz CT molecular complexity index is 458. The Morgan fingerprint density at radius 2 is 2.05 bits per heavy atom. The van der Waals surface area contributed by atoms with Crippen LogP contribution in [0, 0.1) is 23.6 Å². The normalized spacial score (nSPS) is 12.1. The summed E-state index contributed by atoms with van der Waals surface area (Å²) in [7, 11) is 0. The van der Waals surface area contributed by atoms with Gasteiger partial charge in [0.25, 0.3) is 0 Å². The van der Waals surface area contributed by atoms with Crippen molar-refractivity contribution in [2.75, 3.05) is 6.61 Å². The molecular formula is C16H21FO2. The minimum Gasteiger partial charge on any atom is -0.395 e. The van der Waals surface area contributed by atoms with Crippen molar-refractivity contribution in [3.63, 3.8) is 0 Å². The molecule has 104 valence electrons. The Morgan fingerprint density at radius 3 is 2.63 bits per heavy atom. The molecule has 0 amide bonds. The first-order valence-corrected chi connectivity index (χ1v) is 6.54. The van der Waals surface area contributed by atoms with Crippen molar-refractivity contribution in [2.24, 2.45) is 5.92 Å². The average Bonchev–Trinajstić information content (AvgIpc) is 2.37. The number of halogens is 1. The Hall–Kier alpha value is -1.37. The quantitative estimate of drug-likeness (QED) is 0.828. The highest BCUT2D eigenvalue weighted by Gasteiger charge is 2.09. The van der Waals surface area contributed by atoms with Crippen molar-refractivity contribution >= 4 is 0 Å². The van der Waals surface area contributed by atoms with E-state index in [1.165, 1.54) is 6.07 Å². The second-order valence-corrected chi connectivity index (χ2v) is 4.84. The third-order valence-corrected chi connectivity index (χ3v) is 2.96. The van der Waals surface area contributed by atoms with Crippen LogP contribution in [0.5, 0.6) is 0 Å². The van der Waals surface area contributed by atoms with Gasteiger partial charge < -0.3 is 9.84 Å². The lowest BCUT2D eigenvalue weighted by Gasteiger charge is -2.16. The molecule has 0 spiro atoms. The SMILES string of the molecule is CC(C)C(C)OCc1ccc(C#CCCO)cc1F. The van der Waals surface area contributed by atoms with Crippen molar-refractivity contribution in [1.29, 1.82) is 0 Å². The second-order valence-electron chi connectivity index (χ2n) is 4.84. The van der Waals surface area contributed by atoms with Crippen LogP contribution in [0.1, 0.15) is 38.3 Å².